The van der Waals surface area contributed by atoms with E-state index in [0.717, 1.165) is 25.5 Å². The maximum Gasteiger partial charge on any atom is 0.326 e. The van der Waals surface area contributed by atoms with Gasteiger partial charge in [0.1, 0.15) is 29.4 Å². The summed E-state index contributed by atoms with van der Waals surface area (Å²) in [6, 6.07) is 2.60. The third-order valence-corrected chi connectivity index (χ3v) is 8.08. The van der Waals surface area contributed by atoms with Crippen LogP contribution in [0.2, 0.25) is 0 Å². The van der Waals surface area contributed by atoms with Crippen LogP contribution in [0.15, 0.2) is 29.2 Å². The van der Waals surface area contributed by atoms with Gasteiger partial charge in [-0.25, -0.2) is 8.78 Å². The number of carbonyl (C=O) groups is 3. The molecule has 0 radical (unpaired) electrons. The van der Waals surface area contributed by atoms with E-state index in [1.807, 2.05) is 13.8 Å². The number of nitrogens with one attached hydrogen (secondary N) is 2. The van der Waals surface area contributed by atoms with Crippen molar-refractivity contribution in [3.05, 3.63) is 63.1 Å². The van der Waals surface area contributed by atoms with Gasteiger partial charge in [0, 0.05) is 43.5 Å². The van der Waals surface area contributed by atoms with Crippen LogP contribution in [0.25, 0.3) is 0 Å². The fourth-order valence-electron chi connectivity index (χ4n) is 5.99. The zero-order chi connectivity index (χ0) is 30.1. The molecular formula is C29H35F2N5O6. The molecule has 0 bridgehead atoms. The Morgan fingerprint density at radius 1 is 1.17 bits per heavy atom. The molecule has 2 aromatic rings. The Kier molecular flexibility index (Phi) is 8.60. The maximum atomic E-state index is 14.1. The van der Waals surface area contributed by atoms with Crippen LogP contribution in [0.4, 0.5) is 8.78 Å². The first-order valence-electron chi connectivity index (χ1n) is 14.1. The highest BCUT2D eigenvalue weighted by atomic mass is 19.1. The summed E-state index contributed by atoms with van der Waals surface area (Å²) in [6.45, 7) is 4.65. The summed E-state index contributed by atoms with van der Waals surface area (Å²) in [4.78, 5) is 57.0. The van der Waals surface area contributed by atoms with Gasteiger partial charge < -0.3 is 29.6 Å². The molecule has 2 saturated heterocycles. The second kappa shape index (κ2) is 12.2. The highest BCUT2D eigenvalue weighted by Gasteiger charge is 2.48. The topological polar surface area (TPSA) is 122 Å². The highest BCUT2D eigenvalue weighted by molar-refractivity contribution is 5.99. The van der Waals surface area contributed by atoms with Gasteiger partial charge in [0.15, 0.2) is 5.69 Å². The number of hydrogen-bond donors (Lipinski definition) is 2. The van der Waals surface area contributed by atoms with Crippen LogP contribution in [0.1, 0.15) is 59.5 Å². The molecule has 3 aliphatic heterocycles. The van der Waals surface area contributed by atoms with Gasteiger partial charge in [0.2, 0.25) is 18.0 Å². The number of pyridine rings is 1. The zero-order valence-electron chi connectivity index (χ0n) is 23.8. The summed E-state index contributed by atoms with van der Waals surface area (Å²) >= 11 is 0. The minimum atomic E-state index is -0.867. The van der Waals surface area contributed by atoms with Gasteiger partial charge in [-0.1, -0.05) is 19.9 Å². The monoisotopic (exact) mass is 587 g/mol. The third-order valence-electron chi connectivity index (χ3n) is 8.08. The second-order valence-electron chi connectivity index (χ2n) is 11.3. The van der Waals surface area contributed by atoms with E-state index in [4.69, 9.17) is 9.47 Å². The van der Waals surface area contributed by atoms with Gasteiger partial charge in [-0.05, 0) is 38.3 Å². The minimum Gasteiger partial charge on any atom is -0.451 e. The molecule has 0 spiro atoms. The summed E-state index contributed by atoms with van der Waals surface area (Å²) < 4.78 is 39.9. The number of hydrogen-bond acceptors (Lipinski definition) is 8. The summed E-state index contributed by atoms with van der Waals surface area (Å²) in [5.41, 5.74) is -1.19. The quantitative estimate of drug-likeness (QED) is 0.319. The molecule has 5 rings (SSSR count). The number of benzene rings is 1. The number of halogens is 2. The number of nitrogens with zero attached hydrogens (tertiary/aromatic N) is 3. The molecule has 3 atom stereocenters. The lowest BCUT2D eigenvalue weighted by molar-refractivity contribution is -0.153. The molecule has 1 aromatic heterocycles. The van der Waals surface area contributed by atoms with Crippen molar-refractivity contribution in [3.63, 3.8) is 0 Å². The highest BCUT2D eigenvalue weighted by Crippen LogP contribution is 2.35. The van der Waals surface area contributed by atoms with Crippen LogP contribution in [0.3, 0.4) is 0 Å². The van der Waals surface area contributed by atoms with Crippen molar-refractivity contribution in [3.8, 4) is 5.75 Å². The molecule has 2 amide bonds. The first kappa shape index (κ1) is 29.6. The average Bonchev–Trinajstić information content (AvgIpc) is 3.54. The van der Waals surface area contributed by atoms with E-state index in [2.05, 4.69) is 15.5 Å². The van der Waals surface area contributed by atoms with E-state index in [-0.39, 0.29) is 41.5 Å². The van der Waals surface area contributed by atoms with E-state index < -0.39 is 53.4 Å². The Hall–Kier alpha value is -3.84. The predicted octanol–water partition coefficient (Wildman–Crippen LogP) is 1.83. The molecule has 226 valence electrons. The van der Waals surface area contributed by atoms with Gasteiger partial charge >= 0.3 is 5.97 Å². The van der Waals surface area contributed by atoms with Crippen LogP contribution in [0, 0.1) is 17.6 Å². The fourth-order valence-corrected chi connectivity index (χ4v) is 5.99. The predicted molar refractivity (Wildman–Crippen MR) is 147 cm³/mol. The second-order valence-corrected chi connectivity index (χ2v) is 11.3. The van der Waals surface area contributed by atoms with Crippen molar-refractivity contribution in [2.45, 2.75) is 64.4 Å². The maximum absolute atomic E-state index is 14.1. The molecule has 0 aliphatic carbocycles. The largest absolute Gasteiger partial charge is 0.451 e. The number of amides is 2. The van der Waals surface area contributed by atoms with Crippen LogP contribution in [-0.2, 0) is 22.6 Å². The Bertz CT molecular complexity index is 1450. The number of aromatic nitrogens is 1. The number of ether oxygens (including phenoxy) is 2. The molecule has 3 unspecified atom stereocenters. The molecule has 4 heterocycles. The van der Waals surface area contributed by atoms with E-state index in [1.54, 1.807) is 11.9 Å². The van der Waals surface area contributed by atoms with Gasteiger partial charge in [0.05, 0.1) is 6.54 Å². The first-order valence-corrected chi connectivity index (χ1v) is 14.1. The summed E-state index contributed by atoms with van der Waals surface area (Å²) in [6.07, 6.45) is 3.58. The molecular weight excluding hydrogens is 552 g/mol. The Labute approximate surface area is 241 Å². The summed E-state index contributed by atoms with van der Waals surface area (Å²) in [5.74, 6) is -3.60. The fraction of sp³-hybridized carbons (Fsp3) is 0.517. The van der Waals surface area contributed by atoms with Crippen molar-refractivity contribution in [1.29, 1.82) is 0 Å². The molecule has 0 saturated carbocycles. The average molecular weight is 588 g/mol. The van der Waals surface area contributed by atoms with Crippen molar-refractivity contribution in [1.82, 2.24) is 25.0 Å². The normalized spacial score (nSPS) is 20.2. The lowest BCUT2D eigenvalue weighted by Gasteiger charge is -2.36. The molecule has 2 N–H and O–H groups in total. The van der Waals surface area contributed by atoms with Crippen molar-refractivity contribution in [2.75, 3.05) is 26.9 Å². The standard InChI is InChI=1S/C29H35F2N5O6/c1-16(2)9-22(32-3)29(40)42-15-41-26-24-28(39)36-12-19-5-4-8-35(19)23(36)14-34(24)13-20(25(26)37)27(38)33-11-17-6-7-18(30)10-21(17)31/h6-7,10,13,16,19,22-23,32H,4-5,8-9,11-12,14-15H2,1-3H3,(H,33,38). The zero-order valence-corrected chi connectivity index (χ0v) is 23.8. The van der Waals surface area contributed by atoms with E-state index in [9.17, 15) is 28.0 Å². The number of carbonyl (C=O) groups excluding carboxylic acids is 3. The Balaban J connectivity index is 1.42. The Morgan fingerprint density at radius 2 is 1.95 bits per heavy atom. The van der Waals surface area contributed by atoms with E-state index >= 15 is 0 Å². The molecule has 11 nitrogen and oxygen atoms in total. The van der Waals surface area contributed by atoms with Gasteiger partial charge in [-0.15, -0.1) is 0 Å². The molecule has 13 heteroatoms. The molecule has 42 heavy (non-hydrogen) atoms. The van der Waals surface area contributed by atoms with E-state index in [1.165, 1.54) is 16.8 Å². The number of rotatable bonds is 10. The smallest absolute Gasteiger partial charge is 0.326 e. The van der Waals surface area contributed by atoms with Crippen molar-refractivity contribution >= 4 is 17.8 Å². The molecule has 1 aromatic carbocycles. The summed E-state index contributed by atoms with van der Waals surface area (Å²) in [5, 5.41) is 5.38. The molecule has 2 fully saturated rings. The van der Waals surface area contributed by atoms with Crippen LogP contribution in [-0.4, -0.2) is 77.3 Å². The van der Waals surface area contributed by atoms with Crippen LogP contribution < -0.4 is 20.8 Å². The van der Waals surface area contributed by atoms with Gasteiger partial charge in [0.25, 0.3) is 11.8 Å². The number of fused-ring (bicyclic) bond motifs is 4. The third kappa shape index (κ3) is 5.75. The van der Waals surface area contributed by atoms with E-state index in [0.29, 0.717) is 25.6 Å². The lowest BCUT2D eigenvalue weighted by atomic mass is 10.0. The lowest BCUT2D eigenvalue weighted by Crippen LogP contribution is -2.51. The van der Waals surface area contributed by atoms with Crippen molar-refractivity contribution in [2.24, 2.45) is 5.92 Å². The Morgan fingerprint density at radius 3 is 2.67 bits per heavy atom. The first-order chi connectivity index (χ1) is 20.1. The van der Waals surface area contributed by atoms with Gasteiger partial charge in [-0.3, -0.25) is 24.1 Å². The SMILES string of the molecule is CNC(CC(C)C)C(=O)OCOc1c2n(cc(C(=O)NCc3ccc(F)cc3F)c1=O)CC1N(CC3CCCN31)C2=O. The number of esters is 1. The number of likely N-dealkylation sites (N-methyl/N-ethyl adjacent to an activating group) is 1. The van der Waals surface area contributed by atoms with Gasteiger partial charge in [-0.2, -0.15) is 0 Å². The minimum absolute atomic E-state index is 0.0260. The van der Waals surface area contributed by atoms with Crippen LogP contribution >= 0.6 is 0 Å². The van der Waals surface area contributed by atoms with Crippen molar-refractivity contribution < 1.29 is 32.6 Å². The van der Waals surface area contributed by atoms with Crippen LogP contribution in [0.5, 0.6) is 5.75 Å². The molecule has 3 aliphatic rings. The summed E-state index contributed by atoms with van der Waals surface area (Å²) in [7, 11) is 1.63.